The van der Waals surface area contributed by atoms with E-state index < -0.39 is 29.5 Å². The van der Waals surface area contributed by atoms with Crippen LogP contribution < -0.4 is 5.56 Å². The van der Waals surface area contributed by atoms with E-state index in [1.165, 1.54) is 12.1 Å². The predicted molar refractivity (Wildman–Crippen MR) is 67.8 cm³/mol. The summed E-state index contributed by atoms with van der Waals surface area (Å²) in [5, 5.41) is 21.7. The Kier molecular flexibility index (Phi) is 3.71. The topological polar surface area (TPSA) is 92.4 Å². The van der Waals surface area contributed by atoms with Gasteiger partial charge in [0.15, 0.2) is 0 Å². The summed E-state index contributed by atoms with van der Waals surface area (Å²) in [4.78, 5) is 22.4. The largest absolute Gasteiger partial charge is 0.506 e. The minimum absolute atomic E-state index is 0.160. The van der Waals surface area contributed by atoms with Gasteiger partial charge in [-0.05, 0) is 18.2 Å². The van der Waals surface area contributed by atoms with Crippen LogP contribution in [0, 0.1) is 5.82 Å². The molecular formula is C12H8ClFN2O4. The number of nitrogens with zero attached hydrogens (tertiary/aromatic N) is 2. The lowest BCUT2D eigenvalue weighted by atomic mass is 10.2. The number of rotatable bonds is 3. The number of carbonyl (C=O) groups is 1. The van der Waals surface area contributed by atoms with Crippen molar-refractivity contribution in [3.63, 3.8) is 0 Å². The number of benzene rings is 1. The van der Waals surface area contributed by atoms with E-state index in [0.717, 1.165) is 16.8 Å². The molecular weight excluding hydrogens is 291 g/mol. The fourth-order valence-electron chi connectivity index (χ4n) is 1.55. The van der Waals surface area contributed by atoms with Gasteiger partial charge in [-0.1, -0.05) is 11.6 Å². The fraction of sp³-hybridized carbons (Fsp3) is 0.0833. The van der Waals surface area contributed by atoms with Gasteiger partial charge in [-0.2, -0.15) is 9.78 Å². The molecule has 0 aliphatic rings. The van der Waals surface area contributed by atoms with Gasteiger partial charge in [0, 0.05) is 6.07 Å². The van der Waals surface area contributed by atoms with Crippen molar-refractivity contribution >= 4 is 17.6 Å². The Morgan fingerprint density at radius 2 is 2.10 bits per heavy atom. The van der Waals surface area contributed by atoms with E-state index in [-0.39, 0.29) is 16.4 Å². The van der Waals surface area contributed by atoms with Crippen LogP contribution in [0.4, 0.5) is 4.39 Å². The SMILES string of the molecule is O=C(O)Cc1nn(-c2ccc(F)c(Cl)c2)c(=O)cc1O. The van der Waals surface area contributed by atoms with Crippen LogP contribution in [0.25, 0.3) is 5.69 Å². The monoisotopic (exact) mass is 298 g/mol. The Hall–Kier alpha value is -2.41. The van der Waals surface area contributed by atoms with E-state index in [1.807, 2.05) is 0 Å². The van der Waals surface area contributed by atoms with Gasteiger partial charge in [-0.3, -0.25) is 9.59 Å². The summed E-state index contributed by atoms with van der Waals surface area (Å²) in [6.45, 7) is 0. The van der Waals surface area contributed by atoms with Gasteiger partial charge in [0.2, 0.25) is 0 Å². The first kappa shape index (κ1) is 14.0. The highest BCUT2D eigenvalue weighted by molar-refractivity contribution is 6.30. The lowest BCUT2D eigenvalue weighted by Crippen LogP contribution is -2.22. The van der Waals surface area contributed by atoms with E-state index in [9.17, 15) is 19.1 Å². The molecule has 0 bridgehead atoms. The second-order valence-corrected chi connectivity index (χ2v) is 4.30. The highest BCUT2D eigenvalue weighted by atomic mass is 35.5. The van der Waals surface area contributed by atoms with Crippen molar-refractivity contribution < 1.29 is 19.4 Å². The second-order valence-electron chi connectivity index (χ2n) is 3.90. The van der Waals surface area contributed by atoms with Crippen molar-refractivity contribution in [2.75, 3.05) is 0 Å². The molecule has 0 unspecified atom stereocenters. The number of carboxylic acids is 1. The lowest BCUT2D eigenvalue weighted by Gasteiger charge is -2.08. The minimum atomic E-state index is -1.21. The van der Waals surface area contributed by atoms with E-state index in [2.05, 4.69) is 5.10 Å². The lowest BCUT2D eigenvalue weighted by molar-refractivity contribution is -0.136. The number of aliphatic carboxylic acids is 1. The molecule has 6 nitrogen and oxygen atoms in total. The Morgan fingerprint density at radius 3 is 2.70 bits per heavy atom. The summed E-state index contributed by atoms with van der Waals surface area (Å²) >= 11 is 5.61. The number of hydrogen-bond acceptors (Lipinski definition) is 4. The van der Waals surface area contributed by atoms with Gasteiger partial charge in [0.1, 0.15) is 17.3 Å². The first-order valence-corrected chi connectivity index (χ1v) is 5.75. The molecule has 0 aliphatic heterocycles. The molecule has 2 rings (SSSR count). The molecule has 20 heavy (non-hydrogen) atoms. The maximum Gasteiger partial charge on any atom is 0.309 e. The smallest absolute Gasteiger partial charge is 0.309 e. The van der Waals surface area contributed by atoms with Gasteiger partial charge >= 0.3 is 5.97 Å². The summed E-state index contributed by atoms with van der Waals surface area (Å²) in [6.07, 6.45) is -0.555. The van der Waals surface area contributed by atoms with Crippen LogP contribution in [0.1, 0.15) is 5.69 Å². The maximum atomic E-state index is 13.1. The van der Waals surface area contributed by atoms with Crippen molar-refractivity contribution in [1.82, 2.24) is 9.78 Å². The van der Waals surface area contributed by atoms with Gasteiger partial charge < -0.3 is 10.2 Å². The van der Waals surface area contributed by atoms with Crippen LogP contribution in [-0.2, 0) is 11.2 Å². The molecule has 0 atom stereocenters. The first-order chi connectivity index (χ1) is 9.38. The molecule has 1 aromatic heterocycles. The first-order valence-electron chi connectivity index (χ1n) is 5.38. The molecule has 0 fully saturated rings. The molecule has 0 aliphatic carbocycles. The number of aromatic hydroxyl groups is 1. The van der Waals surface area contributed by atoms with Crippen molar-refractivity contribution in [3.05, 3.63) is 51.2 Å². The number of carboxylic acid groups (broad SMARTS) is 1. The molecule has 0 saturated heterocycles. The molecule has 0 amide bonds. The number of hydrogen-bond donors (Lipinski definition) is 2. The second kappa shape index (κ2) is 5.30. The molecule has 0 saturated carbocycles. The third kappa shape index (κ3) is 2.77. The summed E-state index contributed by atoms with van der Waals surface area (Å²) in [5.74, 6) is -2.38. The molecule has 2 N–H and O–H groups in total. The van der Waals surface area contributed by atoms with Gasteiger partial charge in [-0.15, -0.1) is 0 Å². The van der Waals surface area contributed by atoms with Gasteiger partial charge in [-0.25, -0.2) is 4.39 Å². The molecule has 0 spiro atoms. The molecule has 1 heterocycles. The highest BCUT2D eigenvalue weighted by Gasteiger charge is 2.13. The highest BCUT2D eigenvalue weighted by Crippen LogP contribution is 2.19. The Bertz CT molecular complexity index is 745. The van der Waals surface area contributed by atoms with Crippen LogP contribution in [0.5, 0.6) is 5.75 Å². The summed E-state index contributed by atoms with van der Waals surface area (Å²) in [5.41, 5.74) is -0.718. The van der Waals surface area contributed by atoms with Gasteiger partial charge in [0.25, 0.3) is 5.56 Å². The molecule has 2 aromatic rings. The van der Waals surface area contributed by atoms with Crippen molar-refractivity contribution in [2.45, 2.75) is 6.42 Å². The van der Waals surface area contributed by atoms with Crippen LogP contribution >= 0.6 is 11.6 Å². The molecule has 0 radical (unpaired) electrons. The van der Waals surface area contributed by atoms with E-state index >= 15 is 0 Å². The number of aromatic nitrogens is 2. The maximum absolute atomic E-state index is 13.1. The van der Waals surface area contributed by atoms with E-state index in [1.54, 1.807) is 0 Å². The Balaban J connectivity index is 2.58. The van der Waals surface area contributed by atoms with Crippen LogP contribution in [-0.4, -0.2) is 26.0 Å². The molecule has 1 aromatic carbocycles. The quantitative estimate of drug-likeness (QED) is 0.892. The zero-order valence-corrected chi connectivity index (χ0v) is 10.6. The van der Waals surface area contributed by atoms with Crippen molar-refractivity contribution in [1.29, 1.82) is 0 Å². The van der Waals surface area contributed by atoms with Crippen LogP contribution in [0.3, 0.4) is 0 Å². The normalized spacial score (nSPS) is 10.5. The third-order valence-electron chi connectivity index (χ3n) is 2.45. The van der Waals surface area contributed by atoms with Gasteiger partial charge in [0.05, 0.1) is 17.1 Å². The Morgan fingerprint density at radius 1 is 1.40 bits per heavy atom. The minimum Gasteiger partial charge on any atom is -0.506 e. The van der Waals surface area contributed by atoms with E-state index in [4.69, 9.17) is 16.7 Å². The van der Waals surface area contributed by atoms with E-state index in [0.29, 0.717) is 0 Å². The Labute approximate surface area is 116 Å². The average Bonchev–Trinajstić information content (AvgIpc) is 2.36. The van der Waals surface area contributed by atoms with Crippen LogP contribution in [0.15, 0.2) is 29.1 Å². The number of halogens is 2. The summed E-state index contributed by atoms with van der Waals surface area (Å²) in [7, 11) is 0. The summed E-state index contributed by atoms with van der Waals surface area (Å²) in [6, 6.07) is 4.32. The average molecular weight is 299 g/mol. The third-order valence-corrected chi connectivity index (χ3v) is 2.74. The zero-order valence-electron chi connectivity index (χ0n) is 9.88. The fourth-order valence-corrected chi connectivity index (χ4v) is 1.73. The standard InChI is InChI=1S/C12H8ClFN2O4/c13-7-3-6(1-2-8(7)14)16-11(18)5-10(17)9(15-16)4-12(19)20/h1-3,5,17H,4H2,(H,19,20). The molecule has 104 valence electrons. The summed E-state index contributed by atoms with van der Waals surface area (Å²) < 4.78 is 13.9. The van der Waals surface area contributed by atoms with Crippen molar-refractivity contribution in [2.24, 2.45) is 0 Å². The predicted octanol–water partition coefficient (Wildman–Crippen LogP) is 1.36. The molecule has 8 heteroatoms. The zero-order chi connectivity index (χ0) is 14.9. The van der Waals surface area contributed by atoms with Crippen molar-refractivity contribution in [3.8, 4) is 11.4 Å². The van der Waals surface area contributed by atoms with Crippen LogP contribution in [0.2, 0.25) is 5.02 Å².